The van der Waals surface area contributed by atoms with Crippen LogP contribution < -0.4 is 9.62 Å². The van der Waals surface area contributed by atoms with Gasteiger partial charge in [0.15, 0.2) is 0 Å². The second-order valence-corrected chi connectivity index (χ2v) is 11.7. The number of sulfonamides is 1. The van der Waals surface area contributed by atoms with Crippen molar-refractivity contribution in [1.29, 1.82) is 0 Å². The molecule has 1 aliphatic rings. The van der Waals surface area contributed by atoms with Gasteiger partial charge in [-0.2, -0.15) is 0 Å². The molecule has 1 saturated heterocycles. The van der Waals surface area contributed by atoms with Crippen molar-refractivity contribution in [3.63, 3.8) is 0 Å². The Kier molecular flexibility index (Phi) is 8.56. The fraction of sp³-hybridized carbons (Fsp3) is 0.478. The highest BCUT2D eigenvalue weighted by Crippen LogP contribution is 2.40. The number of hydrogen-bond acceptors (Lipinski definition) is 3. The summed E-state index contributed by atoms with van der Waals surface area (Å²) in [6.07, 6.45) is 2.44. The first-order valence-corrected chi connectivity index (χ1v) is 13.4. The highest BCUT2D eigenvalue weighted by Gasteiger charge is 2.33. The lowest BCUT2D eigenvalue weighted by Gasteiger charge is -2.42. The number of nitrogens with zero attached hydrogens (tertiary/aromatic N) is 1. The predicted octanol–water partition coefficient (Wildman–Crippen LogP) is 6.57. The van der Waals surface area contributed by atoms with Crippen LogP contribution in [-0.2, 0) is 10.0 Å². The van der Waals surface area contributed by atoms with E-state index in [9.17, 15) is 8.42 Å². The minimum absolute atomic E-state index is 0.0227. The fourth-order valence-electron chi connectivity index (χ4n) is 4.07. The maximum absolute atomic E-state index is 12.6. The van der Waals surface area contributed by atoms with E-state index in [1.165, 1.54) is 0 Å². The molecule has 1 heterocycles. The zero-order valence-corrected chi connectivity index (χ0v) is 20.9. The number of halogens is 3. The molecule has 1 fully saturated rings. The van der Waals surface area contributed by atoms with Gasteiger partial charge in [0.25, 0.3) is 0 Å². The first-order valence-electron chi connectivity index (χ1n) is 10.6. The number of piperidine rings is 1. The van der Waals surface area contributed by atoms with Crippen molar-refractivity contribution in [1.82, 2.24) is 4.72 Å². The van der Waals surface area contributed by atoms with Crippen LogP contribution in [0.3, 0.4) is 0 Å². The van der Waals surface area contributed by atoms with Crippen LogP contribution in [0.25, 0.3) is 0 Å². The Labute approximate surface area is 200 Å². The van der Waals surface area contributed by atoms with E-state index in [1.54, 1.807) is 6.07 Å². The summed E-state index contributed by atoms with van der Waals surface area (Å²) in [5, 5.41) is 1.88. The highest BCUT2D eigenvalue weighted by atomic mass is 35.5. The van der Waals surface area contributed by atoms with Gasteiger partial charge >= 0.3 is 0 Å². The smallest absolute Gasteiger partial charge is 0.211 e. The third-order valence-electron chi connectivity index (χ3n) is 5.66. The summed E-state index contributed by atoms with van der Waals surface area (Å²) in [5.74, 6) is 0.605. The first kappa shape index (κ1) is 24.7. The summed E-state index contributed by atoms with van der Waals surface area (Å²) < 4.78 is 28.0. The Morgan fingerprint density at radius 3 is 2.35 bits per heavy atom. The van der Waals surface area contributed by atoms with Gasteiger partial charge < -0.3 is 4.90 Å². The molecule has 3 rings (SSSR count). The molecule has 1 N–H and O–H groups in total. The van der Waals surface area contributed by atoms with Crippen molar-refractivity contribution in [3.8, 4) is 0 Å². The van der Waals surface area contributed by atoms with Gasteiger partial charge in [0.2, 0.25) is 10.0 Å². The van der Waals surface area contributed by atoms with E-state index < -0.39 is 10.0 Å². The molecule has 170 valence electrons. The van der Waals surface area contributed by atoms with E-state index in [-0.39, 0.29) is 17.7 Å². The molecular formula is C23H29Cl3N2O2S. The summed E-state index contributed by atoms with van der Waals surface area (Å²) in [7, 11) is -3.33. The fourth-order valence-corrected chi connectivity index (χ4v) is 6.17. The van der Waals surface area contributed by atoms with Crippen LogP contribution >= 0.6 is 34.8 Å². The van der Waals surface area contributed by atoms with Gasteiger partial charge in [-0.3, -0.25) is 0 Å². The monoisotopic (exact) mass is 502 g/mol. The van der Waals surface area contributed by atoms with Gasteiger partial charge in [-0.05, 0) is 73.1 Å². The molecule has 0 radical (unpaired) electrons. The van der Waals surface area contributed by atoms with Crippen LogP contribution in [0.2, 0.25) is 15.1 Å². The minimum Gasteiger partial charge on any atom is -0.364 e. The van der Waals surface area contributed by atoms with E-state index in [1.807, 2.05) is 36.4 Å². The van der Waals surface area contributed by atoms with Gasteiger partial charge in [0.05, 0.1) is 11.8 Å². The van der Waals surface area contributed by atoms with Crippen molar-refractivity contribution in [2.75, 3.05) is 23.7 Å². The van der Waals surface area contributed by atoms with Gasteiger partial charge in [-0.15, -0.1) is 0 Å². The van der Waals surface area contributed by atoms with Crippen molar-refractivity contribution >= 4 is 50.5 Å². The standard InChI is InChI=1S/C23H29Cl3N2O2S/c1-16(2)11-12-27-31(29,30)15-17-3-10-23(21-9-6-19(25)13-22(21)26)28(14-17)20-7-4-18(24)5-8-20/h4-9,13,16-17,23,27H,3,10-12,14-15H2,1-2H3/t17-,23+/m0/s1. The molecule has 1 aliphatic heterocycles. The zero-order valence-electron chi connectivity index (χ0n) is 17.8. The zero-order chi connectivity index (χ0) is 22.6. The van der Waals surface area contributed by atoms with Gasteiger partial charge in [0, 0.05) is 33.8 Å². The number of anilines is 1. The van der Waals surface area contributed by atoms with Gasteiger partial charge in [-0.1, -0.05) is 54.7 Å². The second kappa shape index (κ2) is 10.8. The van der Waals surface area contributed by atoms with Crippen molar-refractivity contribution < 1.29 is 8.42 Å². The molecule has 0 bridgehead atoms. The lowest BCUT2D eigenvalue weighted by Crippen LogP contribution is -2.42. The first-order chi connectivity index (χ1) is 14.6. The maximum Gasteiger partial charge on any atom is 0.211 e. The van der Waals surface area contributed by atoms with E-state index in [2.05, 4.69) is 23.5 Å². The molecule has 2 aromatic rings. The third-order valence-corrected chi connectivity index (χ3v) is 8.03. The quantitative estimate of drug-likeness (QED) is 0.443. The largest absolute Gasteiger partial charge is 0.364 e. The van der Waals surface area contributed by atoms with Gasteiger partial charge in [-0.25, -0.2) is 13.1 Å². The number of rotatable bonds is 8. The summed E-state index contributed by atoms with van der Waals surface area (Å²) >= 11 is 18.7. The van der Waals surface area contributed by atoms with Crippen LogP contribution in [-0.4, -0.2) is 27.3 Å². The molecule has 0 aliphatic carbocycles. The molecule has 2 atom stereocenters. The molecule has 4 nitrogen and oxygen atoms in total. The molecule has 31 heavy (non-hydrogen) atoms. The van der Waals surface area contributed by atoms with Crippen LogP contribution in [0, 0.1) is 11.8 Å². The Hall–Kier alpha value is -0.980. The van der Waals surface area contributed by atoms with Crippen molar-refractivity contribution in [3.05, 3.63) is 63.1 Å². The lowest BCUT2D eigenvalue weighted by molar-refractivity contribution is 0.380. The van der Waals surface area contributed by atoms with Crippen molar-refractivity contribution in [2.45, 2.75) is 39.2 Å². The SMILES string of the molecule is CC(C)CCNS(=O)(=O)C[C@H]1CC[C@H](c2ccc(Cl)cc2Cl)N(c2ccc(Cl)cc2)C1. The van der Waals surface area contributed by atoms with Crippen LogP contribution in [0.4, 0.5) is 5.69 Å². The normalized spacial score (nSPS) is 19.7. The van der Waals surface area contributed by atoms with E-state index in [0.29, 0.717) is 34.1 Å². The Morgan fingerprint density at radius 1 is 1.03 bits per heavy atom. The summed E-state index contributed by atoms with van der Waals surface area (Å²) in [4.78, 5) is 2.24. The lowest BCUT2D eigenvalue weighted by atomic mass is 9.89. The molecular weight excluding hydrogens is 475 g/mol. The molecule has 0 saturated carbocycles. The predicted molar refractivity (Wildman–Crippen MR) is 132 cm³/mol. The van der Waals surface area contributed by atoms with Gasteiger partial charge in [0.1, 0.15) is 0 Å². The van der Waals surface area contributed by atoms with E-state index >= 15 is 0 Å². The van der Waals surface area contributed by atoms with E-state index in [0.717, 1.165) is 30.5 Å². The second-order valence-electron chi connectivity index (χ2n) is 8.61. The summed E-state index contributed by atoms with van der Waals surface area (Å²) in [6.45, 7) is 5.27. The molecule has 0 aromatic heterocycles. The Bertz CT molecular complexity index is 981. The number of nitrogens with one attached hydrogen (secondary N) is 1. The summed E-state index contributed by atoms with van der Waals surface area (Å²) in [5.41, 5.74) is 1.99. The highest BCUT2D eigenvalue weighted by molar-refractivity contribution is 7.89. The van der Waals surface area contributed by atoms with Crippen LogP contribution in [0.5, 0.6) is 0 Å². The van der Waals surface area contributed by atoms with E-state index in [4.69, 9.17) is 34.8 Å². The van der Waals surface area contributed by atoms with Crippen LogP contribution in [0.15, 0.2) is 42.5 Å². The number of benzene rings is 2. The average Bonchev–Trinajstić information content (AvgIpc) is 2.68. The Morgan fingerprint density at radius 2 is 1.71 bits per heavy atom. The molecule has 0 spiro atoms. The minimum atomic E-state index is -3.33. The molecule has 8 heteroatoms. The molecule has 0 unspecified atom stereocenters. The number of hydrogen-bond donors (Lipinski definition) is 1. The Balaban J connectivity index is 1.80. The maximum atomic E-state index is 12.6. The third kappa shape index (κ3) is 7.00. The topological polar surface area (TPSA) is 49.4 Å². The van der Waals surface area contributed by atoms with Crippen LogP contribution in [0.1, 0.15) is 44.7 Å². The molecule has 0 amide bonds. The van der Waals surface area contributed by atoms with Crippen molar-refractivity contribution in [2.24, 2.45) is 11.8 Å². The summed E-state index contributed by atoms with van der Waals surface area (Å²) in [6, 6.07) is 13.2. The molecule has 2 aromatic carbocycles. The average molecular weight is 504 g/mol.